The van der Waals surface area contributed by atoms with E-state index >= 15 is 0 Å². The molecule has 0 spiro atoms. The van der Waals surface area contributed by atoms with Crippen LogP contribution in [0.25, 0.3) is 0 Å². The molecule has 1 atom stereocenters. The highest BCUT2D eigenvalue weighted by Gasteiger charge is 2.21. The number of methoxy groups -OCH3 is 1. The predicted octanol–water partition coefficient (Wildman–Crippen LogP) is 2.89. The summed E-state index contributed by atoms with van der Waals surface area (Å²) in [6, 6.07) is 9.28. The summed E-state index contributed by atoms with van der Waals surface area (Å²) in [5.41, 5.74) is 7.04. The second-order valence-electron chi connectivity index (χ2n) is 6.40. The minimum Gasteiger partial charge on any atom is -0.496 e. The van der Waals surface area contributed by atoms with Crippen LogP contribution in [0.1, 0.15) is 39.0 Å². The Morgan fingerprint density at radius 3 is 2.88 bits per heavy atom. The van der Waals surface area contributed by atoms with E-state index in [2.05, 4.69) is 17.8 Å². The van der Waals surface area contributed by atoms with E-state index in [-0.39, 0.29) is 18.2 Å². The van der Waals surface area contributed by atoms with Crippen molar-refractivity contribution in [3.05, 3.63) is 51.2 Å². The van der Waals surface area contributed by atoms with Crippen molar-refractivity contribution in [1.82, 2.24) is 10.9 Å². The number of aryl methyl sites for hydroxylation is 1. The number of hydrogen-bond acceptors (Lipinski definition) is 4. The molecule has 132 valence electrons. The average molecular weight is 358 g/mol. The van der Waals surface area contributed by atoms with Gasteiger partial charge in [-0.15, -0.1) is 11.3 Å². The van der Waals surface area contributed by atoms with Crippen molar-refractivity contribution in [3.8, 4) is 5.75 Å². The normalized spacial score (nSPS) is 16.0. The monoisotopic (exact) mass is 358 g/mol. The first kappa shape index (κ1) is 17.5. The second kappa shape index (κ2) is 7.70. The number of hydrogen-bond donors (Lipinski definition) is 2. The van der Waals surface area contributed by atoms with Crippen molar-refractivity contribution < 1.29 is 14.3 Å². The van der Waals surface area contributed by atoms with Crippen LogP contribution in [-0.4, -0.2) is 18.9 Å². The van der Waals surface area contributed by atoms with E-state index in [0.29, 0.717) is 16.5 Å². The molecule has 6 heteroatoms. The first-order valence-electron chi connectivity index (χ1n) is 8.39. The summed E-state index contributed by atoms with van der Waals surface area (Å²) in [6.45, 7) is 2.23. The van der Waals surface area contributed by atoms with Crippen LogP contribution in [0.3, 0.4) is 0 Å². The summed E-state index contributed by atoms with van der Waals surface area (Å²) in [7, 11) is 1.57. The number of para-hydroxylation sites is 1. The predicted molar refractivity (Wildman–Crippen MR) is 97.8 cm³/mol. The van der Waals surface area contributed by atoms with E-state index in [1.807, 2.05) is 24.3 Å². The topological polar surface area (TPSA) is 67.4 Å². The minimum absolute atomic E-state index is 0.142. The molecule has 1 aliphatic carbocycles. The molecule has 0 fully saturated rings. The molecule has 0 saturated heterocycles. The summed E-state index contributed by atoms with van der Waals surface area (Å²) < 4.78 is 5.23. The zero-order valence-electron chi connectivity index (χ0n) is 14.4. The van der Waals surface area contributed by atoms with Gasteiger partial charge in [-0.2, -0.15) is 0 Å². The number of rotatable bonds is 4. The number of nitrogens with one attached hydrogen (secondary N) is 2. The van der Waals surface area contributed by atoms with E-state index in [1.54, 1.807) is 13.2 Å². The molecule has 0 saturated carbocycles. The average Bonchev–Trinajstić information content (AvgIpc) is 3.03. The van der Waals surface area contributed by atoms with E-state index in [9.17, 15) is 9.59 Å². The Morgan fingerprint density at radius 2 is 2.08 bits per heavy atom. The maximum atomic E-state index is 12.3. The number of carbonyl (C=O) groups is 2. The van der Waals surface area contributed by atoms with E-state index in [4.69, 9.17) is 4.74 Å². The second-order valence-corrected chi connectivity index (χ2v) is 7.53. The van der Waals surface area contributed by atoms with Gasteiger partial charge in [0.15, 0.2) is 0 Å². The lowest BCUT2D eigenvalue weighted by Crippen LogP contribution is -2.42. The lowest BCUT2D eigenvalue weighted by atomic mass is 9.90. The van der Waals surface area contributed by atoms with Gasteiger partial charge in [-0.1, -0.05) is 25.1 Å². The molecule has 2 amide bonds. The molecule has 25 heavy (non-hydrogen) atoms. The zero-order valence-corrected chi connectivity index (χ0v) is 15.2. The molecule has 0 radical (unpaired) electrons. The highest BCUT2D eigenvalue weighted by Crippen LogP contribution is 2.32. The van der Waals surface area contributed by atoms with Gasteiger partial charge in [0.05, 0.1) is 18.4 Å². The van der Waals surface area contributed by atoms with Gasteiger partial charge in [0.25, 0.3) is 5.91 Å². The fourth-order valence-corrected chi connectivity index (χ4v) is 4.18. The van der Waals surface area contributed by atoms with Crippen LogP contribution in [0.15, 0.2) is 30.3 Å². The standard InChI is InChI=1S/C19H22N2O3S/c1-12-7-8-16-14(9-12)10-17(25-16)19(23)21-20-18(22)11-13-5-3-4-6-15(13)24-2/h3-6,10,12H,7-9,11H2,1-2H3,(H,20,22)(H,21,23). The largest absolute Gasteiger partial charge is 0.496 e. The molecule has 1 aliphatic rings. The molecular weight excluding hydrogens is 336 g/mol. The van der Waals surface area contributed by atoms with Crippen molar-refractivity contribution in [3.63, 3.8) is 0 Å². The van der Waals surface area contributed by atoms with Crippen molar-refractivity contribution in [1.29, 1.82) is 0 Å². The van der Waals surface area contributed by atoms with Gasteiger partial charge < -0.3 is 4.74 Å². The zero-order chi connectivity index (χ0) is 17.8. The highest BCUT2D eigenvalue weighted by molar-refractivity contribution is 7.14. The molecule has 3 rings (SSSR count). The van der Waals surface area contributed by atoms with E-state index < -0.39 is 0 Å². The maximum Gasteiger partial charge on any atom is 0.279 e. The lowest BCUT2D eigenvalue weighted by molar-refractivity contribution is -0.121. The number of ether oxygens (including phenoxy) is 1. The van der Waals surface area contributed by atoms with Crippen LogP contribution in [0.4, 0.5) is 0 Å². The molecule has 0 bridgehead atoms. The number of amides is 2. The van der Waals surface area contributed by atoms with Crippen molar-refractivity contribution in [2.75, 3.05) is 7.11 Å². The van der Waals surface area contributed by atoms with Crippen LogP contribution < -0.4 is 15.6 Å². The Labute approximate surface area is 151 Å². The number of fused-ring (bicyclic) bond motifs is 1. The fourth-order valence-electron chi connectivity index (χ4n) is 3.07. The third-order valence-corrected chi connectivity index (χ3v) is 5.65. The first-order chi connectivity index (χ1) is 12.1. The van der Waals surface area contributed by atoms with Gasteiger partial charge in [0.1, 0.15) is 5.75 Å². The molecule has 1 aromatic heterocycles. The summed E-state index contributed by atoms with van der Waals surface area (Å²) in [4.78, 5) is 26.3. The lowest BCUT2D eigenvalue weighted by Gasteiger charge is -2.16. The summed E-state index contributed by atoms with van der Waals surface area (Å²) >= 11 is 1.52. The third-order valence-electron chi connectivity index (χ3n) is 4.41. The van der Waals surface area contributed by atoms with Gasteiger partial charge in [-0.3, -0.25) is 20.4 Å². The van der Waals surface area contributed by atoms with Crippen LogP contribution >= 0.6 is 11.3 Å². The Morgan fingerprint density at radius 1 is 1.28 bits per heavy atom. The van der Waals surface area contributed by atoms with E-state index in [0.717, 1.165) is 18.4 Å². The van der Waals surface area contributed by atoms with Crippen molar-refractivity contribution in [2.45, 2.75) is 32.6 Å². The maximum absolute atomic E-state index is 12.3. The van der Waals surface area contributed by atoms with Gasteiger partial charge >= 0.3 is 0 Å². The SMILES string of the molecule is COc1ccccc1CC(=O)NNC(=O)c1cc2c(s1)CCC(C)C2. The smallest absolute Gasteiger partial charge is 0.279 e. The van der Waals surface area contributed by atoms with E-state index in [1.165, 1.54) is 28.2 Å². The van der Waals surface area contributed by atoms with Crippen LogP contribution in [0.2, 0.25) is 0 Å². The van der Waals surface area contributed by atoms with Gasteiger partial charge in [-0.05, 0) is 42.9 Å². The minimum atomic E-state index is -0.284. The Bertz CT molecular complexity index is 785. The van der Waals surface area contributed by atoms with Crippen LogP contribution in [0, 0.1) is 5.92 Å². The quantitative estimate of drug-likeness (QED) is 0.826. The van der Waals surface area contributed by atoms with Crippen LogP contribution in [-0.2, 0) is 24.1 Å². The molecule has 2 aromatic rings. The summed E-state index contributed by atoms with van der Waals surface area (Å²) in [6.07, 6.45) is 3.38. The molecule has 2 N–H and O–H groups in total. The fraction of sp³-hybridized carbons (Fsp3) is 0.368. The van der Waals surface area contributed by atoms with Crippen LogP contribution in [0.5, 0.6) is 5.75 Å². The molecular formula is C19H22N2O3S. The third kappa shape index (κ3) is 4.20. The van der Waals surface area contributed by atoms with Crippen molar-refractivity contribution >= 4 is 23.2 Å². The number of carbonyl (C=O) groups excluding carboxylic acids is 2. The molecule has 1 unspecified atom stereocenters. The van der Waals surface area contributed by atoms with Gasteiger partial charge in [0, 0.05) is 10.4 Å². The highest BCUT2D eigenvalue weighted by atomic mass is 32.1. The van der Waals surface area contributed by atoms with Crippen molar-refractivity contribution in [2.24, 2.45) is 5.92 Å². The Hall–Kier alpha value is -2.34. The number of hydrazine groups is 1. The first-order valence-corrected chi connectivity index (χ1v) is 9.21. The number of thiophene rings is 1. The molecule has 5 nitrogen and oxygen atoms in total. The Kier molecular flexibility index (Phi) is 5.38. The molecule has 1 aromatic carbocycles. The molecule has 0 aliphatic heterocycles. The van der Waals surface area contributed by atoms with Gasteiger partial charge in [0.2, 0.25) is 5.91 Å². The molecule has 1 heterocycles. The summed E-state index contributed by atoms with van der Waals surface area (Å²) in [5, 5.41) is 0. The van der Waals surface area contributed by atoms with Gasteiger partial charge in [-0.25, -0.2) is 0 Å². The summed E-state index contributed by atoms with van der Waals surface area (Å²) in [5.74, 6) is 0.774. The Balaban J connectivity index is 1.56. The number of benzene rings is 1.